The molecule has 2 aliphatic rings. The molecule has 118 valence electrons. The van der Waals surface area contributed by atoms with Gasteiger partial charge in [-0.2, -0.15) is 0 Å². The first kappa shape index (κ1) is 15.5. The summed E-state index contributed by atoms with van der Waals surface area (Å²) in [4.78, 5) is 27.9. The Morgan fingerprint density at radius 2 is 2.00 bits per heavy atom. The van der Waals surface area contributed by atoms with E-state index in [0.717, 1.165) is 25.9 Å². The van der Waals surface area contributed by atoms with E-state index in [0.29, 0.717) is 28.9 Å². The minimum absolute atomic E-state index is 0.295. The summed E-state index contributed by atoms with van der Waals surface area (Å²) in [5, 5.41) is 9.97. The first-order chi connectivity index (χ1) is 10.5. The van der Waals surface area contributed by atoms with Gasteiger partial charge in [-0.15, -0.1) is 0 Å². The first-order valence-electron chi connectivity index (χ1n) is 7.54. The molecule has 2 heterocycles. The molecule has 1 aromatic rings. The minimum Gasteiger partial charge on any atom is -0.393 e. The Morgan fingerprint density at radius 3 is 2.64 bits per heavy atom. The molecule has 5 nitrogen and oxygen atoms in total. The molecule has 1 unspecified atom stereocenters. The summed E-state index contributed by atoms with van der Waals surface area (Å²) in [6, 6.07) is 5.13. The second-order valence-corrected chi connectivity index (χ2v) is 6.44. The zero-order valence-electron chi connectivity index (χ0n) is 12.5. The highest BCUT2D eigenvalue weighted by Crippen LogP contribution is 2.34. The monoisotopic (exact) mass is 322 g/mol. The van der Waals surface area contributed by atoms with Crippen LogP contribution in [0.1, 0.15) is 30.1 Å². The van der Waals surface area contributed by atoms with Crippen molar-refractivity contribution in [2.24, 2.45) is 5.92 Å². The predicted molar refractivity (Wildman–Crippen MR) is 84.1 cm³/mol. The Labute approximate surface area is 134 Å². The molecule has 1 N–H and O–H groups in total. The van der Waals surface area contributed by atoms with Gasteiger partial charge in [-0.25, -0.2) is 0 Å². The van der Waals surface area contributed by atoms with Crippen LogP contribution < -0.4 is 4.90 Å². The smallest absolute Gasteiger partial charge is 0.300 e. The Bertz CT molecular complexity index is 609. The number of carbonyl (C=O) groups excluding carboxylic acids is 2. The lowest BCUT2D eigenvalue weighted by Crippen LogP contribution is -2.45. The molecule has 1 saturated heterocycles. The average molecular weight is 323 g/mol. The number of hydrogen-bond donors (Lipinski definition) is 1. The molecule has 0 spiro atoms. The number of hydrogen-bond acceptors (Lipinski definition) is 4. The van der Waals surface area contributed by atoms with E-state index in [1.54, 1.807) is 18.2 Å². The molecule has 1 amide bonds. The molecular formula is C16H19ClN2O3. The summed E-state index contributed by atoms with van der Waals surface area (Å²) in [6.45, 7) is 3.83. The van der Waals surface area contributed by atoms with Gasteiger partial charge in [0.05, 0.1) is 29.0 Å². The summed E-state index contributed by atoms with van der Waals surface area (Å²) in [5.41, 5.74) is 0.910. The van der Waals surface area contributed by atoms with Gasteiger partial charge in [-0.1, -0.05) is 17.7 Å². The predicted octanol–water partition coefficient (Wildman–Crippen LogP) is 1.92. The van der Waals surface area contributed by atoms with Crippen LogP contribution in [0.25, 0.3) is 0 Å². The average Bonchev–Trinajstić information content (AvgIpc) is 2.74. The molecule has 0 radical (unpaired) electrons. The Hall–Kier alpha value is -1.43. The molecule has 2 aliphatic heterocycles. The van der Waals surface area contributed by atoms with Crippen molar-refractivity contribution in [3.8, 4) is 0 Å². The van der Waals surface area contributed by atoms with Gasteiger partial charge in [-0.3, -0.25) is 19.4 Å². The third kappa shape index (κ3) is 2.64. The van der Waals surface area contributed by atoms with Crippen molar-refractivity contribution in [2.45, 2.75) is 25.9 Å². The minimum atomic E-state index is -0.528. The fourth-order valence-electron chi connectivity index (χ4n) is 3.22. The Balaban J connectivity index is 1.73. The summed E-state index contributed by atoms with van der Waals surface area (Å²) in [7, 11) is 0. The van der Waals surface area contributed by atoms with Gasteiger partial charge in [0.1, 0.15) is 0 Å². The van der Waals surface area contributed by atoms with Crippen LogP contribution in [0, 0.1) is 5.92 Å². The second-order valence-electron chi connectivity index (χ2n) is 6.03. The fourth-order valence-corrected chi connectivity index (χ4v) is 3.47. The molecule has 0 aromatic heterocycles. The van der Waals surface area contributed by atoms with Crippen molar-refractivity contribution in [3.63, 3.8) is 0 Å². The zero-order valence-corrected chi connectivity index (χ0v) is 13.2. The van der Waals surface area contributed by atoms with Crippen LogP contribution in [0.3, 0.4) is 0 Å². The number of aliphatic hydroxyl groups is 1. The topological polar surface area (TPSA) is 60.9 Å². The van der Waals surface area contributed by atoms with E-state index in [2.05, 4.69) is 4.90 Å². The maximum absolute atomic E-state index is 12.2. The van der Waals surface area contributed by atoms with E-state index in [1.807, 2.05) is 6.92 Å². The Kier molecular flexibility index (Phi) is 4.21. The quantitative estimate of drug-likeness (QED) is 0.864. The van der Waals surface area contributed by atoms with Crippen LogP contribution in [0.5, 0.6) is 0 Å². The van der Waals surface area contributed by atoms with E-state index < -0.39 is 11.7 Å². The number of piperidine rings is 1. The lowest BCUT2D eigenvalue weighted by atomic mass is 9.92. The van der Waals surface area contributed by atoms with E-state index in [1.165, 1.54) is 4.90 Å². The molecule has 1 aromatic carbocycles. The summed E-state index contributed by atoms with van der Waals surface area (Å²) >= 11 is 6.05. The van der Waals surface area contributed by atoms with Crippen molar-refractivity contribution in [1.82, 2.24) is 4.90 Å². The van der Waals surface area contributed by atoms with E-state index in [9.17, 15) is 14.7 Å². The number of aliphatic hydroxyl groups excluding tert-OH is 1. The van der Waals surface area contributed by atoms with Crippen LogP contribution in [0.4, 0.5) is 5.69 Å². The van der Waals surface area contributed by atoms with Crippen LogP contribution in [-0.2, 0) is 4.79 Å². The molecule has 3 rings (SSSR count). The van der Waals surface area contributed by atoms with Gasteiger partial charge < -0.3 is 5.11 Å². The summed E-state index contributed by atoms with van der Waals surface area (Å²) in [6.07, 6.45) is 1.50. The van der Waals surface area contributed by atoms with Crippen molar-refractivity contribution < 1.29 is 14.7 Å². The van der Waals surface area contributed by atoms with Crippen molar-refractivity contribution in [2.75, 3.05) is 24.7 Å². The summed E-state index contributed by atoms with van der Waals surface area (Å²) in [5.74, 6) is -0.728. The number of likely N-dealkylation sites (tertiary alicyclic amines) is 1. The lowest BCUT2D eigenvalue weighted by Gasteiger charge is -2.35. The number of benzene rings is 1. The van der Waals surface area contributed by atoms with Gasteiger partial charge in [0, 0.05) is 13.1 Å². The maximum Gasteiger partial charge on any atom is 0.300 e. The number of carbonyl (C=O) groups is 2. The van der Waals surface area contributed by atoms with Crippen LogP contribution >= 0.6 is 11.6 Å². The first-order valence-corrected chi connectivity index (χ1v) is 7.92. The van der Waals surface area contributed by atoms with Gasteiger partial charge in [0.2, 0.25) is 0 Å². The number of Topliss-reactive ketones (excluding diaryl/α,β-unsaturated/α-hetero) is 1. The highest BCUT2D eigenvalue weighted by molar-refractivity contribution is 6.55. The van der Waals surface area contributed by atoms with Crippen LogP contribution in [0.15, 0.2) is 18.2 Å². The third-order valence-corrected chi connectivity index (χ3v) is 4.92. The molecule has 1 atom stereocenters. The highest BCUT2D eigenvalue weighted by Gasteiger charge is 2.38. The third-order valence-electron chi connectivity index (χ3n) is 4.60. The largest absolute Gasteiger partial charge is 0.393 e. The number of rotatable bonds is 3. The molecule has 1 fully saturated rings. The SMILES string of the molecule is CC(O)C1CCN(CN2C(=O)C(=O)c3c(Cl)cccc32)CC1. The number of anilines is 1. The zero-order chi connectivity index (χ0) is 15.9. The van der Waals surface area contributed by atoms with Crippen molar-refractivity contribution in [1.29, 1.82) is 0 Å². The van der Waals surface area contributed by atoms with Gasteiger partial charge in [0.25, 0.3) is 5.78 Å². The number of nitrogens with zero attached hydrogens (tertiary/aromatic N) is 2. The second kappa shape index (κ2) is 5.99. The molecule has 0 aliphatic carbocycles. The van der Waals surface area contributed by atoms with Crippen LogP contribution in [-0.4, -0.2) is 47.6 Å². The molecule has 22 heavy (non-hydrogen) atoms. The normalized spacial score (nSPS) is 21.3. The molecule has 6 heteroatoms. The number of halogens is 1. The molecular weight excluding hydrogens is 304 g/mol. The molecule has 0 bridgehead atoms. The van der Waals surface area contributed by atoms with Gasteiger partial charge in [0.15, 0.2) is 0 Å². The summed E-state index contributed by atoms with van der Waals surface area (Å²) < 4.78 is 0. The van der Waals surface area contributed by atoms with Gasteiger partial charge >= 0.3 is 5.91 Å². The number of ketones is 1. The lowest BCUT2D eigenvalue weighted by molar-refractivity contribution is -0.114. The van der Waals surface area contributed by atoms with Crippen LogP contribution in [0.2, 0.25) is 5.02 Å². The van der Waals surface area contributed by atoms with E-state index >= 15 is 0 Å². The molecule has 0 saturated carbocycles. The maximum atomic E-state index is 12.2. The Morgan fingerprint density at radius 1 is 1.32 bits per heavy atom. The van der Waals surface area contributed by atoms with Gasteiger partial charge in [-0.05, 0) is 37.8 Å². The van der Waals surface area contributed by atoms with Crippen molar-refractivity contribution in [3.05, 3.63) is 28.8 Å². The fraction of sp³-hybridized carbons (Fsp3) is 0.500. The van der Waals surface area contributed by atoms with E-state index in [4.69, 9.17) is 11.6 Å². The number of fused-ring (bicyclic) bond motifs is 1. The van der Waals surface area contributed by atoms with E-state index in [-0.39, 0.29) is 6.10 Å². The number of amides is 1. The highest BCUT2D eigenvalue weighted by atomic mass is 35.5. The van der Waals surface area contributed by atoms with Crippen molar-refractivity contribution >= 4 is 29.0 Å². The standard InChI is InChI=1S/C16H19ClN2O3/c1-10(20)11-5-7-18(8-6-11)9-19-13-4-2-3-12(17)14(13)15(21)16(19)22/h2-4,10-11,20H,5-9H2,1H3.